The predicted octanol–water partition coefficient (Wildman–Crippen LogP) is 1.13. The molecule has 0 atom stereocenters. The molecule has 0 aliphatic carbocycles. The van der Waals surface area contributed by atoms with Crippen LogP contribution in [0.2, 0.25) is 0 Å². The fourth-order valence-electron chi connectivity index (χ4n) is 3.72. The van der Waals surface area contributed by atoms with Crippen LogP contribution in [0.4, 0.5) is 0 Å². The van der Waals surface area contributed by atoms with Gasteiger partial charge in [-0.25, -0.2) is 0 Å². The summed E-state index contributed by atoms with van der Waals surface area (Å²) in [6.07, 6.45) is 4.10. The summed E-state index contributed by atoms with van der Waals surface area (Å²) < 4.78 is 2.19. The van der Waals surface area contributed by atoms with Crippen molar-refractivity contribution in [3.63, 3.8) is 0 Å². The Balaban J connectivity index is 1.24. The van der Waals surface area contributed by atoms with Crippen LogP contribution in [0.3, 0.4) is 0 Å². The van der Waals surface area contributed by atoms with E-state index in [9.17, 15) is 0 Å². The Morgan fingerprint density at radius 3 is 2.72 bits per heavy atom. The topological polar surface area (TPSA) is 49.2 Å². The standard InChI is InChI=1S/C19H28N6/c1-2-7-21-17(4-1)5-9-23-10-12-24(13-11-23)16-18-14-19-15-20-6-3-8-25(19)22-18/h1-2,4,7,14,20H,3,5-6,8-13,15-16H2. The van der Waals surface area contributed by atoms with Gasteiger partial charge in [0.25, 0.3) is 0 Å². The van der Waals surface area contributed by atoms with Crippen LogP contribution in [-0.4, -0.2) is 63.8 Å². The van der Waals surface area contributed by atoms with E-state index >= 15 is 0 Å². The van der Waals surface area contributed by atoms with Crippen LogP contribution in [0.1, 0.15) is 23.5 Å². The third-order valence-electron chi connectivity index (χ3n) is 5.20. The van der Waals surface area contributed by atoms with Gasteiger partial charge in [0.15, 0.2) is 0 Å². The Morgan fingerprint density at radius 1 is 1.00 bits per heavy atom. The Hall–Kier alpha value is -1.76. The molecule has 0 unspecified atom stereocenters. The minimum atomic E-state index is 0.953. The molecule has 0 radical (unpaired) electrons. The van der Waals surface area contributed by atoms with Crippen molar-refractivity contribution in [2.75, 3.05) is 39.3 Å². The molecule has 1 fully saturated rings. The molecule has 2 aromatic rings. The first-order valence-corrected chi connectivity index (χ1v) is 9.48. The average molecular weight is 340 g/mol. The quantitative estimate of drug-likeness (QED) is 0.884. The van der Waals surface area contributed by atoms with Gasteiger partial charge in [-0.3, -0.25) is 14.6 Å². The Kier molecular flexibility index (Phi) is 5.40. The van der Waals surface area contributed by atoms with Gasteiger partial charge in [-0.15, -0.1) is 0 Å². The first-order chi connectivity index (χ1) is 12.4. The van der Waals surface area contributed by atoms with E-state index in [0.717, 1.165) is 65.3 Å². The monoisotopic (exact) mass is 340 g/mol. The molecule has 0 spiro atoms. The van der Waals surface area contributed by atoms with Crippen molar-refractivity contribution in [2.45, 2.75) is 32.5 Å². The summed E-state index contributed by atoms with van der Waals surface area (Å²) in [5.74, 6) is 0. The molecule has 2 aliphatic heterocycles. The maximum atomic E-state index is 4.81. The van der Waals surface area contributed by atoms with E-state index in [0.29, 0.717) is 0 Å². The lowest BCUT2D eigenvalue weighted by Gasteiger charge is -2.34. The third-order valence-corrected chi connectivity index (χ3v) is 5.20. The number of hydrogen-bond donors (Lipinski definition) is 1. The maximum absolute atomic E-state index is 4.81. The molecule has 2 aliphatic rings. The van der Waals surface area contributed by atoms with Gasteiger partial charge in [0.05, 0.1) is 11.4 Å². The normalized spacial score (nSPS) is 19.5. The molecule has 1 N–H and O–H groups in total. The summed E-state index contributed by atoms with van der Waals surface area (Å²) in [4.78, 5) is 9.51. The lowest BCUT2D eigenvalue weighted by Crippen LogP contribution is -2.46. The fourth-order valence-corrected chi connectivity index (χ4v) is 3.72. The third kappa shape index (κ3) is 4.45. The summed E-state index contributed by atoms with van der Waals surface area (Å²) in [5.41, 5.74) is 3.75. The maximum Gasteiger partial charge on any atom is 0.0768 e. The van der Waals surface area contributed by atoms with E-state index in [4.69, 9.17) is 5.10 Å². The highest BCUT2D eigenvalue weighted by atomic mass is 15.3. The van der Waals surface area contributed by atoms with E-state index < -0.39 is 0 Å². The number of hydrogen-bond acceptors (Lipinski definition) is 5. The van der Waals surface area contributed by atoms with Gasteiger partial charge in [0.2, 0.25) is 0 Å². The second kappa shape index (κ2) is 8.08. The summed E-state index contributed by atoms with van der Waals surface area (Å²) in [7, 11) is 0. The number of nitrogens with one attached hydrogen (secondary N) is 1. The van der Waals surface area contributed by atoms with E-state index in [-0.39, 0.29) is 0 Å². The Labute approximate surface area is 149 Å². The highest BCUT2D eigenvalue weighted by molar-refractivity contribution is 5.11. The molecular formula is C19H28N6. The lowest BCUT2D eigenvalue weighted by atomic mass is 10.2. The summed E-state index contributed by atoms with van der Waals surface area (Å²) in [6, 6.07) is 8.45. The molecular weight excluding hydrogens is 312 g/mol. The SMILES string of the molecule is c1ccc(CCN2CCN(Cc3cc4n(n3)CCCNC4)CC2)nc1. The van der Waals surface area contributed by atoms with Crippen molar-refractivity contribution in [1.82, 2.24) is 29.9 Å². The number of nitrogens with zero attached hydrogens (tertiary/aromatic N) is 5. The Morgan fingerprint density at radius 2 is 1.88 bits per heavy atom. The molecule has 0 amide bonds. The number of rotatable bonds is 5. The van der Waals surface area contributed by atoms with Crippen LogP contribution >= 0.6 is 0 Å². The zero-order valence-electron chi connectivity index (χ0n) is 14.9. The van der Waals surface area contributed by atoms with Gasteiger partial charge in [-0.05, 0) is 31.2 Å². The highest BCUT2D eigenvalue weighted by Crippen LogP contribution is 2.12. The molecule has 4 rings (SSSR count). The zero-order chi connectivity index (χ0) is 16.9. The largest absolute Gasteiger partial charge is 0.311 e. The molecule has 6 heteroatoms. The second-order valence-corrected chi connectivity index (χ2v) is 7.07. The van der Waals surface area contributed by atoms with Crippen molar-refractivity contribution in [3.8, 4) is 0 Å². The van der Waals surface area contributed by atoms with Gasteiger partial charge in [-0.2, -0.15) is 5.10 Å². The summed E-state index contributed by atoms with van der Waals surface area (Å²) >= 11 is 0. The number of fused-ring (bicyclic) bond motifs is 1. The Bertz CT molecular complexity index is 636. The van der Waals surface area contributed by atoms with Gasteiger partial charge in [0.1, 0.15) is 0 Å². The number of aromatic nitrogens is 3. The molecule has 2 aromatic heterocycles. The molecule has 4 heterocycles. The predicted molar refractivity (Wildman–Crippen MR) is 98.2 cm³/mol. The number of aryl methyl sites for hydroxylation is 1. The molecule has 0 aromatic carbocycles. The summed E-state index contributed by atoms with van der Waals surface area (Å²) in [6.45, 7) is 9.72. The van der Waals surface area contributed by atoms with Crippen molar-refractivity contribution in [2.24, 2.45) is 0 Å². The smallest absolute Gasteiger partial charge is 0.0768 e. The first kappa shape index (κ1) is 16.7. The van der Waals surface area contributed by atoms with Crippen LogP contribution in [0.5, 0.6) is 0 Å². The molecule has 134 valence electrons. The van der Waals surface area contributed by atoms with Crippen LogP contribution in [-0.2, 0) is 26.1 Å². The van der Waals surface area contributed by atoms with Crippen LogP contribution < -0.4 is 5.32 Å². The van der Waals surface area contributed by atoms with Crippen molar-refractivity contribution >= 4 is 0 Å². The molecule has 25 heavy (non-hydrogen) atoms. The summed E-state index contributed by atoms with van der Waals surface area (Å²) in [5, 5.41) is 8.28. The van der Waals surface area contributed by atoms with Crippen molar-refractivity contribution < 1.29 is 0 Å². The van der Waals surface area contributed by atoms with Crippen LogP contribution in [0, 0.1) is 0 Å². The molecule has 0 bridgehead atoms. The van der Waals surface area contributed by atoms with Crippen molar-refractivity contribution in [1.29, 1.82) is 0 Å². The van der Waals surface area contributed by atoms with Gasteiger partial charge >= 0.3 is 0 Å². The van der Waals surface area contributed by atoms with E-state index in [1.807, 2.05) is 12.3 Å². The second-order valence-electron chi connectivity index (χ2n) is 7.07. The molecule has 0 saturated carbocycles. The van der Waals surface area contributed by atoms with Gasteiger partial charge in [0, 0.05) is 70.7 Å². The van der Waals surface area contributed by atoms with E-state index in [1.165, 1.54) is 23.5 Å². The van der Waals surface area contributed by atoms with Crippen LogP contribution in [0.25, 0.3) is 0 Å². The minimum Gasteiger partial charge on any atom is -0.311 e. The van der Waals surface area contributed by atoms with Crippen LogP contribution in [0.15, 0.2) is 30.5 Å². The van der Waals surface area contributed by atoms with E-state index in [1.54, 1.807) is 0 Å². The lowest BCUT2D eigenvalue weighted by molar-refractivity contribution is 0.126. The average Bonchev–Trinajstić information content (AvgIpc) is 2.90. The molecule has 6 nitrogen and oxygen atoms in total. The molecule has 1 saturated heterocycles. The fraction of sp³-hybridized carbons (Fsp3) is 0.579. The van der Waals surface area contributed by atoms with Gasteiger partial charge < -0.3 is 10.2 Å². The van der Waals surface area contributed by atoms with Crippen molar-refractivity contribution in [3.05, 3.63) is 47.5 Å². The van der Waals surface area contributed by atoms with E-state index in [2.05, 4.69) is 43.0 Å². The zero-order valence-corrected chi connectivity index (χ0v) is 14.9. The number of piperazine rings is 1. The first-order valence-electron chi connectivity index (χ1n) is 9.48. The highest BCUT2D eigenvalue weighted by Gasteiger charge is 2.19. The number of pyridine rings is 1. The minimum absolute atomic E-state index is 0.953. The van der Waals surface area contributed by atoms with Gasteiger partial charge in [-0.1, -0.05) is 6.07 Å².